The fourth-order valence-corrected chi connectivity index (χ4v) is 3.71. The molecule has 0 aliphatic rings. The zero-order chi connectivity index (χ0) is 20.9. The molecule has 5 heteroatoms. The first-order valence-corrected chi connectivity index (χ1v) is 10.2. The molecule has 2 N–H and O–H groups in total. The highest BCUT2D eigenvalue weighted by Gasteiger charge is 2.18. The number of aliphatic imine (C=N–C) groups is 1. The van der Waals surface area contributed by atoms with E-state index >= 15 is 0 Å². The molecule has 0 saturated carbocycles. The van der Waals surface area contributed by atoms with Crippen molar-refractivity contribution in [2.24, 2.45) is 4.99 Å². The minimum atomic E-state index is 0. The number of H-pyrrole nitrogens is 1. The Hall–Kier alpha value is -3.44. The van der Waals surface area contributed by atoms with Crippen LogP contribution in [-0.4, -0.2) is 39.3 Å². The third-order valence-electron chi connectivity index (χ3n) is 5.09. The summed E-state index contributed by atoms with van der Waals surface area (Å²) in [6.07, 6.45) is 4.65. The minimum absolute atomic E-state index is 0. The molecule has 0 aliphatic carbocycles. The number of nitrogens with one attached hydrogen (secondary N) is 1. The second-order valence-corrected chi connectivity index (χ2v) is 7.50. The molecular weight excluding hydrogens is 372 g/mol. The maximum absolute atomic E-state index is 10.7. The molecule has 0 atom stereocenters. The van der Waals surface area contributed by atoms with Crippen LogP contribution in [-0.2, 0) is 6.54 Å². The first-order chi connectivity index (χ1) is 14.7. The third kappa shape index (κ3) is 4.26. The Kier molecular flexibility index (Phi) is 5.91. The van der Waals surface area contributed by atoms with Gasteiger partial charge in [0.1, 0.15) is 0 Å². The first-order valence-electron chi connectivity index (χ1n) is 10.2. The molecule has 0 fully saturated rings. The number of rotatable bonds is 7. The fraction of sp³-hybridized carbons (Fsp3) is 0.200. The van der Waals surface area contributed by atoms with Gasteiger partial charge in [0.15, 0.2) is 5.88 Å². The summed E-state index contributed by atoms with van der Waals surface area (Å²) in [6.45, 7) is 4.18. The van der Waals surface area contributed by atoms with Crippen molar-refractivity contribution in [1.82, 2.24) is 14.9 Å². The molecule has 0 bridgehead atoms. The van der Waals surface area contributed by atoms with Crippen LogP contribution in [0.3, 0.4) is 0 Å². The van der Waals surface area contributed by atoms with Gasteiger partial charge in [0, 0.05) is 38.3 Å². The second-order valence-electron chi connectivity index (χ2n) is 7.50. The molecule has 5 nitrogen and oxygen atoms in total. The molecule has 30 heavy (non-hydrogen) atoms. The van der Waals surface area contributed by atoms with Crippen LogP contribution in [0.4, 0.5) is 5.69 Å². The van der Waals surface area contributed by atoms with Gasteiger partial charge in [-0.25, -0.2) is 4.99 Å². The highest BCUT2D eigenvalue weighted by atomic mass is 16.3. The number of benzene rings is 2. The van der Waals surface area contributed by atoms with Crippen molar-refractivity contribution in [3.63, 3.8) is 0 Å². The SMILES string of the molecule is CCCN(C)Cc1ccc(N=C(c2cccnc2)c2c(O)[nH]c3ccccc23)cc1.[HH].[HH]. The standard InChI is InChI=1S/C25H26N4O.2H2/c1-3-15-29(2)17-18-10-12-20(13-11-18)27-24(19-7-6-14-26-16-19)23-21-8-4-5-9-22(21)28-25(23)30;;/h4-14,16,28,30H,3,15,17H2,1-2H3;2*1H. The number of pyridine rings is 1. The summed E-state index contributed by atoms with van der Waals surface area (Å²) in [5.41, 5.74) is 5.18. The van der Waals surface area contributed by atoms with Gasteiger partial charge in [-0.1, -0.05) is 37.3 Å². The number of aromatic hydroxyl groups is 1. The molecular formula is C25H30N4O. The van der Waals surface area contributed by atoms with Gasteiger partial charge in [0.2, 0.25) is 0 Å². The lowest BCUT2D eigenvalue weighted by Crippen LogP contribution is -2.18. The Morgan fingerprint density at radius 3 is 2.63 bits per heavy atom. The van der Waals surface area contributed by atoms with Crippen LogP contribution in [0.2, 0.25) is 0 Å². The van der Waals surface area contributed by atoms with E-state index in [1.165, 1.54) is 5.56 Å². The van der Waals surface area contributed by atoms with Gasteiger partial charge < -0.3 is 15.0 Å². The lowest BCUT2D eigenvalue weighted by molar-refractivity contribution is 0.327. The Morgan fingerprint density at radius 1 is 1.10 bits per heavy atom. The van der Waals surface area contributed by atoms with Gasteiger partial charge in [-0.2, -0.15) is 0 Å². The molecule has 0 unspecified atom stereocenters. The highest BCUT2D eigenvalue weighted by molar-refractivity contribution is 6.21. The molecule has 0 spiro atoms. The average Bonchev–Trinajstić information content (AvgIpc) is 3.09. The van der Waals surface area contributed by atoms with Crippen molar-refractivity contribution in [3.05, 3.63) is 89.7 Å². The summed E-state index contributed by atoms with van der Waals surface area (Å²) < 4.78 is 0. The molecule has 0 radical (unpaired) electrons. The fourth-order valence-electron chi connectivity index (χ4n) is 3.71. The number of nitrogens with zero attached hydrogens (tertiary/aromatic N) is 3. The zero-order valence-electron chi connectivity index (χ0n) is 17.3. The Bertz CT molecular complexity index is 1160. The van der Waals surface area contributed by atoms with Crippen molar-refractivity contribution in [3.8, 4) is 5.88 Å². The maximum Gasteiger partial charge on any atom is 0.199 e. The Morgan fingerprint density at radius 2 is 1.90 bits per heavy atom. The van der Waals surface area contributed by atoms with E-state index < -0.39 is 0 Å². The molecule has 2 aromatic heterocycles. The number of fused-ring (bicyclic) bond motifs is 1. The summed E-state index contributed by atoms with van der Waals surface area (Å²) in [5.74, 6) is 0.108. The zero-order valence-corrected chi connectivity index (χ0v) is 17.3. The number of hydrogen-bond donors (Lipinski definition) is 2. The topological polar surface area (TPSA) is 64.5 Å². The van der Waals surface area contributed by atoms with E-state index in [4.69, 9.17) is 4.99 Å². The van der Waals surface area contributed by atoms with Crippen molar-refractivity contribution >= 4 is 22.3 Å². The number of para-hydroxylation sites is 1. The smallest absolute Gasteiger partial charge is 0.199 e. The molecule has 4 rings (SSSR count). The predicted molar refractivity (Wildman–Crippen MR) is 127 cm³/mol. The van der Waals surface area contributed by atoms with Crippen molar-refractivity contribution in [2.75, 3.05) is 13.6 Å². The van der Waals surface area contributed by atoms with Gasteiger partial charge in [0.25, 0.3) is 0 Å². The van der Waals surface area contributed by atoms with Crippen LogP contribution in [0.5, 0.6) is 5.88 Å². The van der Waals surface area contributed by atoms with Gasteiger partial charge in [-0.15, -0.1) is 0 Å². The predicted octanol–water partition coefficient (Wildman–Crippen LogP) is 5.77. The van der Waals surface area contributed by atoms with Gasteiger partial charge >= 0.3 is 0 Å². The van der Waals surface area contributed by atoms with Crippen LogP contribution in [0.25, 0.3) is 10.9 Å². The van der Waals surface area contributed by atoms with E-state index in [0.29, 0.717) is 11.3 Å². The van der Waals surface area contributed by atoms with E-state index in [1.807, 2.05) is 48.5 Å². The molecule has 0 aliphatic heterocycles. The lowest BCUT2D eigenvalue weighted by Gasteiger charge is -2.15. The highest BCUT2D eigenvalue weighted by Crippen LogP contribution is 2.31. The summed E-state index contributed by atoms with van der Waals surface area (Å²) in [5, 5.41) is 11.6. The first kappa shape index (κ1) is 19.9. The largest absolute Gasteiger partial charge is 0.494 e. The Labute approximate surface area is 179 Å². The molecule has 4 aromatic rings. The summed E-state index contributed by atoms with van der Waals surface area (Å²) in [7, 11) is 2.13. The second kappa shape index (κ2) is 8.93. The summed E-state index contributed by atoms with van der Waals surface area (Å²) in [6, 6.07) is 19.9. The van der Waals surface area contributed by atoms with E-state index in [9.17, 15) is 5.11 Å². The number of aromatic amines is 1. The average molecular weight is 403 g/mol. The molecule has 0 amide bonds. The lowest BCUT2D eigenvalue weighted by atomic mass is 10.0. The Balaban J connectivity index is 0.00000181. The molecule has 2 heterocycles. The van der Waals surface area contributed by atoms with Crippen LogP contribution >= 0.6 is 0 Å². The maximum atomic E-state index is 10.7. The molecule has 0 saturated heterocycles. The van der Waals surface area contributed by atoms with E-state index in [-0.39, 0.29) is 8.73 Å². The number of aromatic nitrogens is 2. The summed E-state index contributed by atoms with van der Waals surface area (Å²) >= 11 is 0. The molecule has 2 aromatic carbocycles. The monoisotopic (exact) mass is 402 g/mol. The van der Waals surface area contributed by atoms with E-state index in [2.05, 4.69) is 41.0 Å². The molecule has 156 valence electrons. The van der Waals surface area contributed by atoms with E-state index in [0.717, 1.165) is 41.7 Å². The van der Waals surface area contributed by atoms with Crippen LogP contribution < -0.4 is 0 Å². The van der Waals surface area contributed by atoms with Crippen LogP contribution in [0.15, 0.2) is 78.0 Å². The van der Waals surface area contributed by atoms with Crippen molar-refractivity contribution < 1.29 is 7.96 Å². The quantitative estimate of drug-likeness (QED) is 0.386. The minimum Gasteiger partial charge on any atom is -0.494 e. The van der Waals surface area contributed by atoms with Gasteiger partial charge in [-0.3, -0.25) is 4.98 Å². The van der Waals surface area contributed by atoms with Crippen molar-refractivity contribution in [2.45, 2.75) is 19.9 Å². The number of hydrogen-bond acceptors (Lipinski definition) is 4. The summed E-state index contributed by atoms with van der Waals surface area (Å²) in [4.78, 5) is 14.5. The van der Waals surface area contributed by atoms with Gasteiger partial charge in [-0.05, 0) is 55.9 Å². The van der Waals surface area contributed by atoms with Crippen LogP contribution in [0.1, 0.15) is 32.9 Å². The van der Waals surface area contributed by atoms with Gasteiger partial charge in [0.05, 0.1) is 17.0 Å². The normalized spacial score (nSPS) is 12.0. The third-order valence-corrected chi connectivity index (χ3v) is 5.09. The van der Waals surface area contributed by atoms with Crippen LogP contribution in [0, 0.1) is 0 Å². The van der Waals surface area contributed by atoms with Crippen molar-refractivity contribution in [1.29, 1.82) is 0 Å². The van der Waals surface area contributed by atoms with E-state index in [1.54, 1.807) is 12.4 Å².